The van der Waals surface area contributed by atoms with Gasteiger partial charge in [0.05, 0.1) is 10.2 Å². The van der Waals surface area contributed by atoms with Crippen LogP contribution in [0.5, 0.6) is 0 Å². The van der Waals surface area contributed by atoms with Crippen molar-refractivity contribution in [2.45, 2.75) is 26.7 Å². The van der Waals surface area contributed by atoms with Crippen LogP contribution in [0.1, 0.15) is 24.6 Å². The van der Waals surface area contributed by atoms with E-state index in [-0.39, 0.29) is 5.82 Å². The summed E-state index contributed by atoms with van der Waals surface area (Å²) in [5.41, 5.74) is 2.65. The van der Waals surface area contributed by atoms with E-state index in [4.69, 9.17) is 0 Å². The molecule has 1 aromatic carbocycles. The zero-order valence-corrected chi connectivity index (χ0v) is 13.4. The molecule has 0 atom stereocenters. The van der Waals surface area contributed by atoms with Crippen LogP contribution in [0.15, 0.2) is 22.7 Å². The lowest BCUT2D eigenvalue weighted by molar-refractivity contribution is 0.627. The van der Waals surface area contributed by atoms with E-state index in [0.29, 0.717) is 5.82 Å². The van der Waals surface area contributed by atoms with Crippen LogP contribution in [0, 0.1) is 12.7 Å². The topological polar surface area (TPSA) is 37.8 Å². The Balaban J connectivity index is 2.58. The first-order valence-electron chi connectivity index (χ1n) is 6.57. The third kappa shape index (κ3) is 2.98. The molecule has 0 aliphatic rings. The molecule has 0 spiro atoms. The Morgan fingerprint density at radius 2 is 2.05 bits per heavy atom. The van der Waals surface area contributed by atoms with E-state index in [1.807, 2.05) is 14.0 Å². The summed E-state index contributed by atoms with van der Waals surface area (Å²) >= 11 is 3.53. The molecule has 0 radical (unpaired) electrons. The fraction of sp³-hybridized carbons (Fsp3) is 0.333. The molecular weight excluding hydrogens is 321 g/mol. The predicted molar refractivity (Wildman–Crippen MR) is 83.4 cm³/mol. The highest BCUT2D eigenvalue weighted by Gasteiger charge is 2.13. The minimum Gasteiger partial charge on any atom is -0.372 e. The van der Waals surface area contributed by atoms with Crippen molar-refractivity contribution in [2.75, 3.05) is 12.4 Å². The van der Waals surface area contributed by atoms with Crippen molar-refractivity contribution in [3.8, 4) is 11.4 Å². The fourth-order valence-corrected chi connectivity index (χ4v) is 2.63. The molecule has 20 heavy (non-hydrogen) atoms. The lowest BCUT2D eigenvalue weighted by Gasteiger charge is -2.12. The molecule has 2 aromatic rings. The molecule has 1 N–H and O–H groups in total. The lowest BCUT2D eigenvalue weighted by Crippen LogP contribution is -2.04. The number of rotatable bonds is 4. The van der Waals surface area contributed by atoms with Crippen LogP contribution in [0.3, 0.4) is 0 Å². The van der Waals surface area contributed by atoms with Crippen molar-refractivity contribution in [1.82, 2.24) is 9.97 Å². The van der Waals surface area contributed by atoms with Crippen molar-refractivity contribution >= 4 is 21.7 Å². The summed E-state index contributed by atoms with van der Waals surface area (Å²) < 4.78 is 14.1. The van der Waals surface area contributed by atoms with Gasteiger partial charge in [0.15, 0.2) is 5.82 Å². The predicted octanol–water partition coefficient (Wildman–Crippen LogP) is 4.35. The Bertz CT molecular complexity index is 629. The zero-order valence-electron chi connectivity index (χ0n) is 11.8. The maximum Gasteiger partial charge on any atom is 0.162 e. The molecule has 3 nitrogen and oxygen atoms in total. The Hall–Kier alpha value is -1.49. The van der Waals surface area contributed by atoms with Gasteiger partial charge in [0, 0.05) is 12.6 Å². The van der Waals surface area contributed by atoms with Gasteiger partial charge in [-0.1, -0.05) is 13.3 Å². The largest absolute Gasteiger partial charge is 0.372 e. The number of nitrogens with zero attached hydrogens (tertiary/aromatic N) is 2. The molecule has 0 fully saturated rings. The molecule has 106 valence electrons. The van der Waals surface area contributed by atoms with Crippen molar-refractivity contribution in [3.05, 3.63) is 39.7 Å². The molecular formula is C15H17BrFN3. The quantitative estimate of drug-likeness (QED) is 0.901. The molecule has 0 saturated heterocycles. The van der Waals surface area contributed by atoms with Crippen LogP contribution in [-0.4, -0.2) is 17.0 Å². The summed E-state index contributed by atoms with van der Waals surface area (Å²) in [5.74, 6) is 1.13. The van der Waals surface area contributed by atoms with Crippen LogP contribution in [-0.2, 0) is 6.42 Å². The number of anilines is 1. The van der Waals surface area contributed by atoms with E-state index in [1.165, 1.54) is 12.1 Å². The molecule has 0 saturated carbocycles. The van der Waals surface area contributed by atoms with Gasteiger partial charge in [0.2, 0.25) is 0 Å². The number of hydrogen-bond acceptors (Lipinski definition) is 3. The number of halogens is 2. The minimum absolute atomic E-state index is 0.244. The van der Waals surface area contributed by atoms with Crippen molar-refractivity contribution in [1.29, 1.82) is 0 Å². The van der Waals surface area contributed by atoms with Gasteiger partial charge in [0.1, 0.15) is 11.6 Å². The summed E-state index contributed by atoms with van der Waals surface area (Å²) in [6, 6.07) is 4.66. The van der Waals surface area contributed by atoms with Crippen LogP contribution in [0.4, 0.5) is 10.2 Å². The average Bonchev–Trinajstić information content (AvgIpc) is 2.41. The van der Waals surface area contributed by atoms with Crippen molar-refractivity contribution in [3.63, 3.8) is 0 Å². The van der Waals surface area contributed by atoms with Gasteiger partial charge in [-0.25, -0.2) is 14.4 Å². The number of nitrogens with one attached hydrogen (secondary N) is 1. The van der Waals surface area contributed by atoms with Gasteiger partial charge in [-0.2, -0.15) is 0 Å². The second-order valence-electron chi connectivity index (χ2n) is 4.62. The van der Waals surface area contributed by atoms with Crippen LogP contribution in [0.25, 0.3) is 11.4 Å². The number of aromatic nitrogens is 2. The maximum absolute atomic E-state index is 13.2. The average molecular weight is 338 g/mol. The van der Waals surface area contributed by atoms with Gasteiger partial charge in [-0.15, -0.1) is 0 Å². The Kier molecular flexibility index (Phi) is 4.70. The second kappa shape index (κ2) is 6.31. The molecule has 0 bridgehead atoms. The van der Waals surface area contributed by atoms with E-state index in [1.54, 1.807) is 6.07 Å². The SMILES string of the molecule is CCCc1nc(-c2ccc(F)cc2C)nc(NC)c1Br. The molecule has 0 aliphatic heterocycles. The van der Waals surface area contributed by atoms with E-state index in [2.05, 4.69) is 38.1 Å². The third-order valence-electron chi connectivity index (χ3n) is 3.07. The van der Waals surface area contributed by atoms with E-state index < -0.39 is 0 Å². The number of aryl methyl sites for hydroxylation is 2. The highest BCUT2D eigenvalue weighted by atomic mass is 79.9. The van der Waals surface area contributed by atoms with Gasteiger partial charge in [0.25, 0.3) is 0 Å². The Morgan fingerprint density at radius 1 is 1.30 bits per heavy atom. The van der Waals surface area contributed by atoms with E-state index in [0.717, 1.165) is 40.0 Å². The number of hydrogen-bond donors (Lipinski definition) is 1. The van der Waals surface area contributed by atoms with Crippen LogP contribution in [0.2, 0.25) is 0 Å². The zero-order chi connectivity index (χ0) is 14.7. The molecule has 5 heteroatoms. The van der Waals surface area contributed by atoms with E-state index in [9.17, 15) is 4.39 Å². The maximum atomic E-state index is 13.2. The Morgan fingerprint density at radius 3 is 2.65 bits per heavy atom. The van der Waals surface area contributed by atoms with Crippen LogP contribution < -0.4 is 5.32 Å². The third-order valence-corrected chi connectivity index (χ3v) is 3.91. The first kappa shape index (κ1) is 14.9. The second-order valence-corrected chi connectivity index (χ2v) is 5.41. The molecule has 0 amide bonds. The molecule has 1 aromatic heterocycles. The van der Waals surface area contributed by atoms with E-state index >= 15 is 0 Å². The number of benzene rings is 1. The molecule has 0 aliphatic carbocycles. The fourth-order valence-electron chi connectivity index (χ4n) is 2.06. The summed E-state index contributed by atoms with van der Waals surface area (Å²) in [7, 11) is 1.82. The lowest BCUT2D eigenvalue weighted by atomic mass is 10.1. The molecule has 2 rings (SSSR count). The molecule has 1 heterocycles. The minimum atomic E-state index is -0.244. The summed E-state index contributed by atoms with van der Waals surface area (Å²) in [6.45, 7) is 3.97. The van der Waals surface area contributed by atoms with Crippen molar-refractivity contribution < 1.29 is 4.39 Å². The molecule has 0 unspecified atom stereocenters. The summed E-state index contributed by atoms with van der Waals surface area (Å²) in [4.78, 5) is 9.11. The van der Waals surface area contributed by atoms with Crippen LogP contribution >= 0.6 is 15.9 Å². The highest BCUT2D eigenvalue weighted by molar-refractivity contribution is 9.10. The summed E-state index contributed by atoms with van der Waals surface area (Å²) in [5, 5.41) is 3.06. The highest BCUT2D eigenvalue weighted by Crippen LogP contribution is 2.29. The van der Waals surface area contributed by atoms with Crippen molar-refractivity contribution in [2.24, 2.45) is 0 Å². The standard InChI is InChI=1S/C15H17BrFN3/c1-4-5-12-13(16)15(18-3)20-14(19-12)11-7-6-10(17)8-9(11)2/h6-8H,4-5H2,1-3H3,(H,18,19,20). The normalized spacial score (nSPS) is 10.7. The van der Waals surface area contributed by atoms with Gasteiger partial charge in [-0.05, 0) is 53.0 Å². The van der Waals surface area contributed by atoms with Gasteiger partial charge in [-0.3, -0.25) is 0 Å². The van der Waals surface area contributed by atoms with Gasteiger partial charge >= 0.3 is 0 Å². The monoisotopic (exact) mass is 337 g/mol. The Labute approximate surface area is 126 Å². The van der Waals surface area contributed by atoms with Gasteiger partial charge < -0.3 is 5.32 Å². The first-order chi connectivity index (χ1) is 9.56. The first-order valence-corrected chi connectivity index (χ1v) is 7.36. The summed E-state index contributed by atoms with van der Waals surface area (Å²) in [6.07, 6.45) is 1.87. The smallest absolute Gasteiger partial charge is 0.162 e.